The first-order chi connectivity index (χ1) is 16.2. The molecule has 1 aromatic carbocycles. The summed E-state index contributed by atoms with van der Waals surface area (Å²) in [6, 6.07) is 6.43. The predicted octanol–water partition coefficient (Wildman–Crippen LogP) is 5.18. The van der Waals surface area contributed by atoms with E-state index in [0.29, 0.717) is 6.54 Å². The summed E-state index contributed by atoms with van der Waals surface area (Å²) >= 11 is 3.70. The molecule has 2 aliphatic rings. The SMILES string of the molecule is CCN(C1CCC(CCCN2CCC(Cc3cc(OC)ccc3Br)CC2)CC1)S(=O)(=O)N(C)C. The molecule has 1 aromatic rings. The first-order valence-electron chi connectivity index (χ1n) is 13.0. The lowest BCUT2D eigenvalue weighted by molar-refractivity contribution is 0.168. The number of rotatable bonds is 11. The first-order valence-corrected chi connectivity index (χ1v) is 15.2. The fourth-order valence-electron chi connectivity index (χ4n) is 5.70. The Labute approximate surface area is 216 Å². The molecule has 8 heteroatoms. The highest BCUT2D eigenvalue weighted by molar-refractivity contribution is 9.10. The molecule has 2 fully saturated rings. The number of nitrogens with zero attached hydrogens (tertiary/aromatic N) is 3. The largest absolute Gasteiger partial charge is 0.497 e. The van der Waals surface area contributed by atoms with E-state index >= 15 is 0 Å². The summed E-state index contributed by atoms with van der Waals surface area (Å²) in [4.78, 5) is 2.64. The van der Waals surface area contributed by atoms with Crippen LogP contribution in [0.2, 0.25) is 0 Å². The second kappa shape index (κ2) is 13.0. The molecular weight excluding hydrogens is 514 g/mol. The number of likely N-dealkylation sites (tertiary alicyclic amines) is 1. The number of hydrogen-bond donors (Lipinski definition) is 0. The van der Waals surface area contributed by atoms with Crippen LogP contribution < -0.4 is 4.74 Å². The zero-order valence-corrected chi connectivity index (χ0v) is 23.9. The Kier molecular flexibility index (Phi) is 10.7. The van der Waals surface area contributed by atoms with Gasteiger partial charge in [0.15, 0.2) is 0 Å². The lowest BCUT2D eigenvalue weighted by Crippen LogP contribution is -2.47. The van der Waals surface area contributed by atoms with Gasteiger partial charge in [-0.3, -0.25) is 0 Å². The normalized spacial score (nSPS) is 23.0. The second-order valence-electron chi connectivity index (χ2n) is 10.3. The molecule has 0 atom stereocenters. The maximum absolute atomic E-state index is 12.6. The average Bonchev–Trinajstić information content (AvgIpc) is 2.83. The summed E-state index contributed by atoms with van der Waals surface area (Å²) in [5.41, 5.74) is 1.36. The van der Waals surface area contributed by atoms with Crippen molar-refractivity contribution in [2.45, 2.75) is 70.8 Å². The number of benzene rings is 1. The van der Waals surface area contributed by atoms with Crippen molar-refractivity contribution in [3.63, 3.8) is 0 Å². The monoisotopic (exact) mass is 557 g/mol. The Morgan fingerprint density at radius 3 is 2.32 bits per heavy atom. The van der Waals surface area contributed by atoms with Gasteiger partial charge >= 0.3 is 0 Å². The number of ether oxygens (including phenoxy) is 1. The highest BCUT2D eigenvalue weighted by Gasteiger charge is 2.33. The van der Waals surface area contributed by atoms with Gasteiger partial charge in [-0.1, -0.05) is 22.9 Å². The first kappa shape index (κ1) is 27.9. The molecule has 1 aliphatic carbocycles. The van der Waals surface area contributed by atoms with Gasteiger partial charge in [-0.25, -0.2) is 0 Å². The fraction of sp³-hybridized carbons (Fsp3) is 0.769. The lowest BCUT2D eigenvalue weighted by Gasteiger charge is -2.37. The Morgan fingerprint density at radius 2 is 1.74 bits per heavy atom. The second-order valence-corrected chi connectivity index (χ2v) is 13.2. The number of hydrogen-bond acceptors (Lipinski definition) is 4. The molecule has 6 nitrogen and oxygen atoms in total. The topological polar surface area (TPSA) is 53.1 Å². The van der Waals surface area contributed by atoms with Gasteiger partial charge in [0.25, 0.3) is 10.2 Å². The Hall–Kier alpha value is -0.670. The Balaban J connectivity index is 1.34. The fourth-order valence-corrected chi connectivity index (χ4v) is 7.45. The molecule has 1 heterocycles. The zero-order chi connectivity index (χ0) is 24.7. The highest BCUT2D eigenvalue weighted by Crippen LogP contribution is 2.33. The van der Waals surface area contributed by atoms with Gasteiger partial charge in [0, 0.05) is 31.2 Å². The third kappa shape index (κ3) is 7.42. The summed E-state index contributed by atoms with van der Waals surface area (Å²) in [5.74, 6) is 2.43. The molecule has 3 rings (SSSR count). The highest BCUT2D eigenvalue weighted by atomic mass is 79.9. The van der Waals surface area contributed by atoms with Crippen LogP contribution in [0.5, 0.6) is 5.75 Å². The maximum Gasteiger partial charge on any atom is 0.281 e. The Morgan fingerprint density at radius 1 is 1.06 bits per heavy atom. The molecule has 1 saturated heterocycles. The molecule has 0 aromatic heterocycles. The van der Waals surface area contributed by atoms with Crippen LogP contribution in [0.1, 0.15) is 63.9 Å². The number of methoxy groups -OCH3 is 1. The molecule has 0 amide bonds. The van der Waals surface area contributed by atoms with Crippen molar-refractivity contribution in [1.82, 2.24) is 13.5 Å². The van der Waals surface area contributed by atoms with Crippen LogP contribution in [0.4, 0.5) is 0 Å². The van der Waals surface area contributed by atoms with Gasteiger partial charge in [0.1, 0.15) is 5.75 Å². The van der Waals surface area contributed by atoms with E-state index in [-0.39, 0.29) is 6.04 Å². The Bertz CT molecular complexity index is 864. The van der Waals surface area contributed by atoms with Crippen molar-refractivity contribution in [3.05, 3.63) is 28.2 Å². The molecular formula is C26H44BrN3O3S. The minimum atomic E-state index is -3.32. The van der Waals surface area contributed by atoms with E-state index in [9.17, 15) is 8.42 Å². The average molecular weight is 559 g/mol. The van der Waals surface area contributed by atoms with Crippen LogP contribution in [0.25, 0.3) is 0 Å². The summed E-state index contributed by atoms with van der Waals surface area (Å²) in [7, 11) is 1.67. The van der Waals surface area contributed by atoms with Gasteiger partial charge in [0.2, 0.25) is 0 Å². The van der Waals surface area contributed by atoms with Crippen LogP contribution in [0.15, 0.2) is 22.7 Å². The van der Waals surface area contributed by atoms with E-state index < -0.39 is 10.2 Å². The third-order valence-electron chi connectivity index (χ3n) is 7.85. The van der Waals surface area contributed by atoms with E-state index in [1.54, 1.807) is 25.5 Å². The van der Waals surface area contributed by atoms with Crippen molar-refractivity contribution in [3.8, 4) is 5.75 Å². The van der Waals surface area contributed by atoms with Crippen molar-refractivity contribution >= 4 is 26.1 Å². The van der Waals surface area contributed by atoms with Crippen LogP contribution in [-0.4, -0.2) is 75.4 Å². The van der Waals surface area contributed by atoms with E-state index in [1.807, 2.05) is 13.0 Å². The van der Waals surface area contributed by atoms with E-state index in [0.717, 1.165) is 49.7 Å². The molecule has 1 aliphatic heterocycles. The third-order valence-corrected chi connectivity index (χ3v) is 10.7. The van der Waals surface area contributed by atoms with Gasteiger partial charge in [0.05, 0.1) is 7.11 Å². The van der Waals surface area contributed by atoms with Crippen molar-refractivity contribution in [2.75, 3.05) is 47.4 Å². The molecule has 0 spiro atoms. The van der Waals surface area contributed by atoms with Gasteiger partial charge in [-0.05, 0) is 113 Å². The smallest absolute Gasteiger partial charge is 0.281 e. The summed E-state index contributed by atoms with van der Waals surface area (Å²) < 4.78 is 34.8. The minimum Gasteiger partial charge on any atom is -0.497 e. The summed E-state index contributed by atoms with van der Waals surface area (Å²) in [5, 5.41) is 0. The molecule has 194 valence electrons. The zero-order valence-electron chi connectivity index (χ0n) is 21.5. The van der Waals surface area contributed by atoms with Crippen molar-refractivity contribution in [2.24, 2.45) is 11.8 Å². The number of halogens is 1. The molecule has 1 saturated carbocycles. The van der Waals surface area contributed by atoms with E-state index in [1.165, 1.54) is 59.7 Å². The van der Waals surface area contributed by atoms with Gasteiger partial charge in [-0.2, -0.15) is 17.0 Å². The molecule has 0 unspecified atom stereocenters. The molecule has 0 radical (unpaired) electrons. The standard InChI is InChI=1S/C26H44BrN3O3S/c1-5-30(34(31,32)28(2)3)24-10-8-21(9-11-24)7-6-16-29-17-14-22(15-18-29)19-23-20-25(33-4)12-13-26(23)27/h12-13,20-22,24H,5-11,14-19H2,1-4H3. The minimum absolute atomic E-state index is 0.164. The molecule has 34 heavy (non-hydrogen) atoms. The maximum atomic E-state index is 12.6. The van der Waals surface area contributed by atoms with E-state index in [4.69, 9.17) is 4.74 Å². The molecule has 0 bridgehead atoms. The van der Waals surface area contributed by atoms with E-state index in [2.05, 4.69) is 33.0 Å². The van der Waals surface area contributed by atoms with Gasteiger partial charge in [-0.15, -0.1) is 0 Å². The quantitative estimate of drug-likeness (QED) is 0.376. The van der Waals surface area contributed by atoms with Crippen LogP contribution in [0.3, 0.4) is 0 Å². The summed E-state index contributed by atoms with van der Waals surface area (Å²) in [6.45, 7) is 6.11. The lowest BCUT2D eigenvalue weighted by atomic mass is 9.83. The van der Waals surface area contributed by atoms with Crippen LogP contribution >= 0.6 is 15.9 Å². The van der Waals surface area contributed by atoms with Gasteiger partial charge < -0.3 is 9.64 Å². The predicted molar refractivity (Wildman–Crippen MR) is 144 cm³/mol. The number of piperidine rings is 1. The van der Waals surface area contributed by atoms with Crippen molar-refractivity contribution < 1.29 is 13.2 Å². The van der Waals surface area contributed by atoms with Crippen LogP contribution in [0, 0.1) is 11.8 Å². The van der Waals surface area contributed by atoms with Crippen molar-refractivity contribution in [1.29, 1.82) is 0 Å². The summed E-state index contributed by atoms with van der Waals surface area (Å²) in [6.07, 6.45) is 10.5. The molecule has 0 N–H and O–H groups in total. The van der Waals surface area contributed by atoms with Crippen LogP contribution in [-0.2, 0) is 16.6 Å².